The van der Waals surface area contributed by atoms with Gasteiger partial charge in [0.05, 0.1) is 29.3 Å². The Kier molecular flexibility index (Phi) is 5.47. The van der Waals surface area contributed by atoms with E-state index in [1.807, 2.05) is 49.4 Å². The smallest absolute Gasteiger partial charge is 0.234 e. The Balaban J connectivity index is 1.46. The minimum absolute atomic E-state index is 0.114. The molecular weight excluding hydrogens is 436 g/mol. The maximum atomic E-state index is 13.3. The summed E-state index contributed by atoms with van der Waals surface area (Å²) in [5, 5.41) is 8.30. The Hall–Kier alpha value is -3.85. The lowest BCUT2D eigenvalue weighted by Crippen LogP contribution is -2.22. The van der Waals surface area contributed by atoms with Crippen LogP contribution in [0.2, 0.25) is 0 Å². The Morgan fingerprint density at radius 2 is 1.91 bits per heavy atom. The summed E-state index contributed by atoms with van der Waals surface area (Å²) in [7, 11) is 1.64. The van der Waals surface area contributed by atoms with Crippen molar-refractivity contribution in [3.63, 3.8) is 0 Å². The summed E-state index contributed by atoms with van der Waals surface area (Å²) in [6, 6.07) is 13.5. The molecule has 166 valence electrons. The van der Waals surface area contributed by atoms with Gasteiger partial charge in [0.25, 0.3) is 0 Å². The first-order chi connectivity index (χ1) is 16.0. The average molecular weight is 459 g/mol. The van der Waals surface area contributed by atoms with E-state index in [1.54, 1.807) is 13.3 Å². The Morgan fingerprint density at radius 1 is 1.09 bits per heavy atom. The first kappa shape index (κ1) is 21.0. The van der Waals surface area contributed by atoms with Gasteiger partial charge in [0.2, 0.25) is 5.91 Å². The largest absolute Gasteiger partial charge is 0.497 e. The van der Waals surface area contributed by atoms with Crippen molar-refractivity contribution in [3.05, 3.63) is 66.2 Å². The van der Waals surface area contributed by atoms with E-state index in [2.05, 4.69) is 25.6 Å². The molecule has 0 bridgehead atoms. The second-order valence-corrected chi connectivity index (χ2v) is 8.72. The molecule has 1 aliphatic heterocycles. The van der Waals surface area contributed by atoms with E-state index in [9.17, 15) is 4.79 Å². The number of fused-ring (bicyclic) bond motifs is 2. The van der Waals surface area contributed by atoms with E-state index in [-0.39, 0.29) is 11.8 Å². The third-order valence-electron chi connectivity index (χ3n) is 5.65. The molecule has 0 fully saturated rings. The van der Waals surface area contributed by atoms with E-state index in [0.29, 0.717) is 23.1 Å². The van der Waals surface area contributed by atoms with Gasteiger partial charge in [-0.1, -0.05) is 12.1 Å². The maximum absolute atomic E-state index is 13.3. The van der Waals surface area contributed by atoms with E-state index in [0.717, 1.165) is 38.4 Å². The SMILES string of the molecule is COc1ccc(Nc2nccc3c(NC(=O)C4CSc5c(N)ncnc54)c(C)ccc23)cc1. The third-order valence-corrected chi connectivity index (χ3v) is 6.86. The predicted octanol–water partition coefficient (Wildman–Crippen LogP) is 4.50. The van der Waals surface area contributed by atoms with Gasteiger partial charge in [-0.15, -0.1) is 11.8 Å². The van der Waals surface area contributed by atoms with Gasteiger partial charge in [-0.2, -0.15) is 0 Å². The number of anilines is 4. The summed E-state index contributed by atoms with van der Waals surface area (Å²) in [6.45, 7) is 1.98. The number of methoxy groups -OCH3 is 1. The van der Waals surface area contributed by atoms with Crippen LogP contribution in [0.1, 0.15) is 17.2 Å². The number of hydrogen-bond donors (Lipinski definition) is 3. The molecule has 0 saturated carbocycles. The summed E-state index contributed by atoms with van der Waals surface area (Å²) in [4.78, 5) is 26.9. The molecule has 1 amide bonds. The van der Waals surface area contributed by atoms with Crippen molar-refractivity contribution in [3.8, 4) is 5.75 Å². The first-order valence-electron chi connectivity index (χ1n) is 10.4. The highest BCUT2D eigenvalue weighted by atomic mass is 32.2. The minimum atomic E-state index is -0.385. The number of carbonyl (C=O) groups is 1. The lowest BCUT2D eigenvalue weighted by atomic mass is 10.0. The number of aromatic nitrogens is 3. The summed E-state index contributed by atoms with van der Waals surface area (Å²) < 4.78 is 5.23. The van der Waals surface area contributed by atoms with Crippen LogP contribution in [-0.4, -0.2) is 33.7 Å². The summed E-state index contributed by atoms with van der Waals surface area (Å²) in [5.74, 6) is 1.99. The second kappa shape index (κ2) is 8.59. The molecule has 0 spiro atoms. The van der Waals surface area contributed by atoms with Crippen LogP contribution >= 0.6 is 11.8 Å². The number of carbonyl (C=O) groups excluding carboxylic acids is 1. The van der Waals surface area contributed by atoms with Crippen molar-refractivity contribution in [1.82, 2.24) is 15.0 Å². The van der Waals surface area contributed by atoms with Crippen LogP contribution in [0, 0.1) is 6.92 Å². The van der Waals surface area contributed by atoms with Gasteiger partial charge in [0, 0.05) is 28.4 Å². The highest BCUT2D eigenvalue weighted by molar-refractivity contribution is 7.99. The molecule has 5 rings (SSSR count). The number of amides is 1. The average Bonchev–Trinajstić information content (AvgIpc) is 3.27. The van der Waals surface area contributed by atoms with Crippen molar-refractivity contribution < 1.29 is 9.53 Å². The van der Waals surface area contributed by atoms with Crippen LogP contribution in [0.3, 0.4) is 0 Å². The van der Waals surface area contributed by atoms with Crippen LogP contribution in [-0.2, 0) is 4.79 Å². The molecule has 1 unspecified atom stereocenters. The van der Waals surface area contributed by atoms with E-state index in [4.69, 9.17) is 10.5 Å². The Bertz CT molecular complexity index is 1360. The fourth-order valence-corrected chi connectivity index (χ4v) is 5.08. The zero-order chi connectivity index (χ0) is 22.9. The van der Waals surface area contributed by atoms with Crippen LogP contribution in [0.5, 0.6) is 5.75 Å². The monoisotopic (exact) mass is 458 g/mol. The summed E-state index contributed by atoms with van der Waals surface area (Å²) in [5.41, 5.74) is 9.26. The second-order valence-electron chi connectivity index (χ2n) is 7.69. The molecule has 0 radical (unpaired) electrons. The van der Waals surface area contributed by atoms with E-state index >= 15 is 0 Å². The number of nitrogens with one attached hydrogen (secondary N) is 2. The fourth-order valence-electron chi connectivity index (χ4n) is 3.89. The molecule has 33 heavy (non-hydrogen) atoms. The summed E-state index contributed by atoms with van der Waals surface area (Å²) in [6.07, 6.45) is 3.14. The molecule has 1 aliphatic rings. The standard InChI is InChI=1S/C24H22N6O2S/c1-13-3-8-17-16(9-10-26-23(17)29-14-4-6-15(32-2)7-5-14)19(13)30-24(31)18-11-33-21-20(18)27-12-28-22(21)25/h3-10,12,18H,11H2,1-2H3,(H,26,29)(H,30,31)(H2,25,27,28). The maximum Gasteiger partial charge on any atom is 0.234 e. The quantitative estimate of drug-likeness (QED) is 0.401. The van der Waals surface area contributed by atoms with Crippen LogP contribution in [0.15, 0.2) is 59.9 Å². The number of nitrogen functional groups attached to an aromatic ring is 1. The van der Waals surface area contributed by atoms with Crippen LogP contribution in [0.25, 0.3) is 10.8 Å². The van der Waals surface area contributed by atoms with Gasteiger partial charge < -0.3 is 21.1 Å². The molecule has 4 N–H and O–H groups in total. The highest BCUT2D eigenvalue weighted by Crippen LogP contribution is 2.41. The molecule has 2 aromatic heterocycles. The number of benzene rings is 2. The number of aryl methyl sites for hydroxylation is 1. The highest BCUT2D eigenvalue weighted by Gasteiger charge is 2.33. The zero-order valence-corrected chi connectivity index (χ0v) is 18.9. The van der Waals surface area contributed by atoms with Crippen molar-refractivity contribution in [2.24, 2.45) is 0 Å². The molecular formula is C24H22N6O2S. The van der Waals surface area contributed by atoms with Crippen molar-refractivity contribution in [2.75, 3.05) is 29.2 Å². The minimum Gasteiger partial charge on any atom is -0.497 e. The molecule has 0 aliphatic carbocycles. The molecule has 1 atom stereocenters. The lowest BCUT2D eigenvalue weighted by Gasteiger charge is -2.17. The van der Waals surface area contributed by atoms with E-state index in [1.165, 1.54) is 18.1 Å². The van der Waals surface area contributed by atoms with Gasteiger partial charge in [-0.25, -0.2) is 15.0 Å². The van der Waals surface area contributed by atoms with Crippen molar-refractivity contribution in [1.29, 1.82) is 0 Å². The molecule has 4 aromatic rings. The van der Waals surface area contributed by atoms with Crippen molar-refractivity contribution >= 4 is 51.5 Å². The number of nitrogens with two attached hydrogens (primary N) is 1. The predicted molar refractivity (Wildman–Crippen MR) is 131 cm³/mol. The van der Waals surface area contributed by atoms with Crippen LogP contribution in [0.4, 0.5) is 23.0 Å². The molecule has 8 nitrogen and oxygen atoms in total. The topological polar surface area (TPSA) is 115 Å². The number of hydrogen-bond acceptors (Lipinski definition) is 8. The van der Waals surface area contributed by atoms with Gasteiger partial charge in [-0.05, 0) is 42.8 Å². The summed E-state index contributed by atoms with van der Waals surface area (Å²) >= 11 is 1.52. The number of thioether (sulfide) groups is 1. The number of ether oxygens (including phenoxy) is 1. The van der Waals surface area contributed by atoms with E-state index < -0.39 is 0 Å². The zero-order valence-electron chi connectivity index (χ0n) is 18.1. The van der Waals surface area contributed by atoms with Gasteiger partial charge >= 0.3 is 0 Å². The molecule has 2 aromatic carbocycles. The van der Waals surface area contributed by atoms with Gasteiger partial charge in [0.1, 0.15) is 23.7 Å². The van der Waals surface area contributed by atoms with Crippen LogP contribution < -0.4 is 21.1 Å². The Labute approximate surface area is 195 Å². The lowest BCUT2D eigenvalue weighted by molar-refractivity contribution is -0.117. The normalized spacial score (nSPS) is 14.7. The third kappa shape index (κ3) is 3.91. The van der Waals surface area contributed by atoms with Crippen molar-refractivity contribution in [2.45, 2.75) is 17.7 Å². The van der Waals surface area contributed by atoms with Gasteiger partial charge in [-0.3, -0.25) is 4.79 Å². The van der Waals surface area contributed by atoms with Gasteiger partial charge in [0.15, 0.2) is 0 Å². The molecule has 0 saturated heterocycles. The Morgan fingerprint density at radius 3 is 2.70 bits per heavy atom. The fraction of sp³-hybridized carbons (Fsp3) is 0.167. The molecule has 3 heterocycles. The number of rotatable bonds is 5. The molecule has 9 heteroatoms. The first-order valence-corrected chi connectivity index (χ1v) is 11.4. The number of pyridine rings is 1. The number of nitrogens with zero attached hydrogens (tertiary/aromatic N) is 3.